The molecule has 0 amide bonds. The lowest BCUT2D eigenvalue weighted by atomic mass is 9.91. The Labute approximate surface area is 170 Å². The van der Waals surface area contributed by atoms with Gasteiger partial charge in [-0.15, -0.1) is 23.2 Å². The largest absolute Gasteiger partial charge is 0.386 e. The van der Waals surface area contributed by atoms with E-state index in [1.165, 1.54) is 5.56 Å². The summed E-state index contributed by atoms with van der Waals surface area (Å²) in [6, 6.07) is 15.5. The third-order valence-corrected chi connectivity index (χ3v) is 4.89. The molecule has 0 radical (unpaired) electrons. The summed E-state index contributed by atoms with van der Waals surface area (Å²) in [5.74, 6) is 1.17. The molecular weight excluding hydrogens is 381 g/mol. The van der Waals surface area contributed by atoms with Gasteiger partial charge in [-0.25, -0.2) is 0 Å². The molecule has 27 heavy (non-hydrogen) atoms. The van der Waals surface area contributed by atoms with E-state index < -0.39 is 6.10 Å². The summed E-state index contributed by atoms with van der Waals surface area (Å²) in [5.41, 5.74) is 4.00. The SMILES string of the molecule is O[C@@H]1C=Cc2ccccc2[C@H]1N=Nc1ccc(CN(CCCl)CCCl)cc1. The molecule has 0 aromatic heterocycles. The standard InChI is InChI=1S/C21H23Cl2N3O/c22-11-13-26(14-12-23)15-16-5-8-18(9-6-16)24-25-21-19-4-2-1-3-17(19)7-10-20(21)27/h1-10,20-21,27H,11-15H2/t20-,21-/m1/s1. The second-order valence-electron chi connectivity index (χ2n) is 6.46. The molecule has 1 N–H and O–H groups in total. The van der Waals surface area contributed by atoms with E-state index in [1.807, 2.05) is 54.6 Å². The molecule has 3 rings (SSSR count). The first-order chi connectivity index (χ1) is 13.2. The van der Waals surface area contributed by atoms with Gasteiger partial charge in [0.25, 0.3) is 0 Å². The van der Waals surface area contributed by atoms with Gasteiger partial charge in [-0.2, -0.15) is 10.2 Å². The van der Waals surface area contributed by atoms with Crippen molar-refractivity contribution in [3.63, 3.8) is 0 Å². The van der Waals surface area contributed by atoms with Gasteiger partial charge in [0.1, 0.15) is 12.1 Å². The van der Waals surface area contributed by atoms with Gasteiger partial charge in [-0.05, 0) is 28.8 Å². The first-order valence-electron chi connectivity index (χ1n) is 9.00. The van der Waals surface area contributed by atoms with Crippen LogP contribution in [0.5, 0.6) is 0 Å². The number of hydrogen-bond donors (Lipinski definition) is 1. The van der Waals surface area contributed by atoms with Crippen LogP contribution in [-0.4, -0.2) is 41.0 Å². The number of benzene rings is 2. The Morgan fingerprint density at radius 3 is 2.37 bits per heavy atom. The number of aliphatic hydroxyl groups is 1. The quantitative estimate of drug-likeness (QED) is 0.487. The molecule has 2 atom stereocenters. The van der Waals surface area contributed by atoms with Crippen molar-refractivity contribution in [1.29, 1.82) is 0 Å². The minimum atomic E-state index is -0.664. The molecular formula is C21H23Cl2N3O. The highest BCUT2D eigenvalue weighted by Crippen LogP contribution is 2.32. The molecule has 1 aliphatic rings. The average molecular weight is 404 g/mol. The Balaban J connectivity index is 1.68. The molecule has 1 aliphatic carbocycles. The van der Waals surface area contributed by atoms with Crippen molar-refractivity contribution in [2.75, 3.05) is 24.8 Å². The van der Waals surface area contributed by atoms with Crippen molar-refractivity contribution in [2.24, 2.45) is 10.2 Å². The maximum Gasteiger partial charge on any atom is 0.126 e. The number of azo groups is 1. The van der Waals surface area contributed by atoms with Crippen LogP contribution in [0, 0.1) is 0 Å². The lowest BCUT2D eigenvalue weighted by molar-refractivity contribution is 0.189. The smallest absolute Gasteiger partial charge is 0.126 e. The Hall–Kier alpha value is -1.72. The van der Waals surface area contributed by atoms with E-state index in [2.05, 4.69) is 15.1 Å². The van der Waals surface area contributed by atoms with Crippen molar-refractivity contribution in [2.45, 2.75) is 18.7 Å². The Kier molecular flexibility index (Phi) is 7.41. The molecule has 0 unspecified atom stereocenters. The highest BCUT2D eigenvalue weighted by molar-refractivity contribution is 6.18. The van der Waals surface area contributed by atoms with Gasteiger partial charge in [0.15, 0.2) is 0 Å². The van der Waals surface area contributed by atoms with Gasteiger partial charge in [-0.1, -0.05) is 48.6 Å². The number of fused-ring (bicyclic) bond motifs is 1. The summed E-state index contributed by atoms with van der Waals surface area (Å²) >= 11 is 11.7. The number of alkyl halides is 2. The Bertz CT molecular complexity index is 786. The van der Waals surface area contributed by atoms with Gasteiger partial charge >= 0.3 is 0 Å². The summed E-state index contributed by atoms with van der Waals surface area (Å²) < 4.78 is 0. The Morgan fingerprint density at radius 1 is 0.963 bits per heavy atom. The van der Waals surface area contributed by atoms with Gasteiger partial charge in [0.05, 0.1) is 5.69 Å². The van der Waals surface area contributed by atoms with Gasteiger partial charge in [0.2, 0.25) is 0 Å². The monoisotopic (exact) mass is 403 g/mol. The Morgan fingerprint density at radius 2 is 1.67 bits per heavy atom. The summed E-state index contributed by atoms with van der Waals surface area (Å²) in [6.07, 6.45) is 3.02. The van der Waals surface area contributed by atoms with Crippen molar-refractivity contribution in [3.8, 4) is 0 Å². The summed E-state index contributed by atoms with van der Waals surface area (Å²) in [6.45, 7) is 2.42. The van der Waals surface area contributed by atoms with E-state index in [1.54, 1.807) is 6.08 Å². The molecule has 2 aromatic rings. The van der Waals surface area contributed by atoms with Gasteiger partial charge < -0.3 is 5.11 Å². The fourth-order valence-corrected chi connectivity index (χ4v) is 3.60. The first-order valence-corrected chi connectivity index (χ1v) is 10.1. The van der Waals surface area contributed by atoms with Crippen molar-refractivity contribution < 1.29 is 5.11 Å². The van der Waals surface area contributed by atoms with Crippen molar-refractivity contribution >= 4 is 35.0 Å². The van der Waals surface area contributed by atoms with E-state index in [-0.39, 0.29) is 6.04 Å². The van der Waals surface area contributed by atoms with Crippen LogP contribution in [0.25, 0.3) is 6.08 Å². The van der Waals surface area contributed by atoms with Crippen molar-refractivity contribution in [3.05, 3.63) is 71.3 Å². The number of nitrogens with zero attached hydrogens (tertiary/aromatic N) is 3. The molecule has 4 nitrogen and oxygen atoms in total. The lowest BCUT2D eigenvalue weighted by Gasteiger charge is -2.22. The lowest BCUT2D eigenvalue weighted by Crippen LogP contribution is -2.27. The zero-order valence-corrected chi connectivity index (χ0v) is 16.5. The van der Waals surface area contributed by atoms with Crippen LogP contribution in [-0.2, 0) is 6.54 Å². The highest BCUT2D eigenvalue weighted by Gasteiger charge is 2.24. The number of halogens is 2. The normalized spacial score (nSPS) is 19.0. The van der Waals surface area contributed by atoms with E-state index in [0.29, 0.717) is 11.8 Å². The fraction of sp³-hybridized carbons (Fsp3) is 0.333. The zero-order chi connectivity index (χ0) is 19.1. The third kappa shape index (κ3) is 5.39. The fourth-order valence-electron chi connectivity index (χ4n) is 3.12. The molecule has 0 heterocycles. The van der Waals surface area contributed by atoms with E-state index in [0.717, 1.165) is 36.4 Å². The predicted molar refractivity (Wildman–Crippen MR) is 112 cm³/mol. The molecule has 0 spiro atoms. The number of aliphatic hydroxyl groups excluding tert-OH is 1. The summed E-state index contributed by atoms with van der Waals surface area (Å²) in [4.78, 5) is 2.22. The van der Waals surface area contributed by atoms with E-state index in [4.69, 9.17) is 23.2 Å². The van der Waals surface area contributed by atoms with Crippen molar-refractivity contribution in [1.82, 2.24) is 4.90 Å². The second kappa shape index (κ2) is 10.00. The van der Waals surface area contributed by atoms with E-state index in [9.17, 15) is 5.11 Å². The van der Waals surface area contributed by atoms with Crippen LogP contribution in [0.4, 0.5) is 5.69 Å². The minimum absolute atomic E-state index is 0.381. The van der Waals surface area contributed by atoms with Crippen LogP contribution < -0.4 is 0 Å². The third-order valence-electron chi connectivity index (χ3n) is 4.55. The van der Waals surface area contributed by atoms with Crippen LogP contribution in [0.2, 0.25) is 0 Å². The molecule has 0 bridgehead atoms. The number of rotatable bonds is 8. The van der Waals surface area contributed by atoms with Crippen LogP contribution >= 0.6 is 23.2 Å². The van der Waals surface area contributed by atoms with E-state index >= 15 is 0 Å². The maximum atomic E-state index is 10.3. The number of hydrogen-bond acceptors (Lipinski definition) is 4. The topological polar surface area (TPSA) is 48.2 Å². The molecule has 0 fully saturated rings. The molecule has 0 saturated carbocycles. The molecule has 6 heteroatoms. The highest BCUT2D eigenvalue weighted by atomic mass is 35.5. The second-order valence-corrected chi connectivity index (χ2v) is 7.22. The van der Waals surface area contributed by atoms with Crippen LogP contribution in [0.15, 0.2) is 64.8 Å². The predicted octanol–water partition coefficient (Wildman–Crippen LogP) is 5.18. The molecule has 0 aliphatic heterocycles. The van der Waals surface area contributed by atoms with Crippen LogP contribution in [0.1, 0.15) is 22.7 Å². The average Bonchev–Trinajstić information content (AvgIpc) is 2.69. The summed E-state index contributed by atoms with van der Waals surface area (Å²) in [7, 11) is 0. The molecule has 142 valence electrons. The molecule has 2 aromatic carbocycles. The van der Waals surface area contributed by atoms with Gasteiger partial charge in [-0.3, -0.25) is 4.90 Å². The summed E-state index contributed by atoms with van der Waals surface area (Å²) in [5, 5.41) is 19.0. The first kappa shape index (κ1) is 20.0. The minimum Gasteiger partial charge on any atom is -0.386 e. The van der Waals surface area contributed by atoms with Crippen LogP contribution in [0.3, 0.4) is 0 Å². The zero-order valence-electron chi connectivity index (χ0n) is 15.0. The molecule has 0 saturated heterocycles. The maximum absolute atomic E-state index is 10.3. The van der Waals surface area contributed by atoms with Gasteiger partial charge in [0, 0.05) is 31.4 Å².